The molecule has 1 N–H and O–H groups in total. The highest BCUT2D eigenvalue weighted by molar-refractivity contribution is 6.09. The average Bonchev–Trinajstić information content (AvgIpc) is 3.06. The van der Waals surface area contributed by atoms with Gasteiger partial charge in [-0.05, 0) is 26.7 Å². The summed E-state index contributed by atoms with van der Waals surface area (Å²) in [6.45, 7) is 7.05. The number of likely N-dealkylation sites (tertiary alicyclic amines) is 1. The fraction of sp³-hybridized carbons (Fsp3) is 0.542. The monoisotopic (exact) mass is 457 g/mol. The lowest BCUT2D eigenvalue weighted by Gasteiger charge is -2.31. The fourth-order valence-electron chi connectivity index (χ4n) is 4.60. The van der Waals surface area contributed by atoms with E-state index in [9.17, 15) is 14.4 Å². The Kier molecular flexibility index (Phi) is 7.17. The maximum atomic E-state index is 12.9. The molecule has 0 aromatic heterocycles. The van der Waals surface area contributed by atoms with Crippen molar-refractivity contribution >= 4 is 29.1 Å². The van der Waals surface area contributed by atoms with Crippen molar-refractivity contribution in [3.8, 4) is 11.5 Å². The van der Waals surface area contributed by atoms with Gasteiger partial charge in [0.05, 0.1) is 49.6 Å². The highest BCUT2D eigenvalue weighted by atomic mass is 16.5. The Hall–Kier alpha value is -3.07. The van der Waals surface area contributed by atoms with Crippen molar-refractivity contribution < 1.29 is 28.6 Å². The number of benzene rings is 1. The molecule has 0 bridgehead atoms. The SMILES string of the molecule is CCOc1cc(N2CCOCC2)c(OCC)cc1NC(=O)CN1C(=O)[C@H]2CC=CC[C@H]2C1=O. The van der Waals surface area contributed by atoms with Crippen LogP contribution in [0.15, 0.2) is 24.3 Å². The Morgan fingerprint density at radius 2 is 1.61 bits per heavy atom. The molecular formula is C24H31N3O6. The van der Waals surface area contributed by atoms with Crippen LogP contribution in [0.25, 0.3) is 0 Å². The number of rotatable bonds is 8. The van der Waals surface area contributed by atoms with Crippen molar-refractivity contribution in [2.45, 2.75) is 26.7 Å². The van der Waals surface area contributed by atoms with E-state index in [0.29, 0.717) is 56.5 Å². The zero-order chi connectivity index (χ0) is 23.4. The number of morpholine rings is 1. The van der Waals surface area contributed by atoms with E-state index < -0.39 is 5.91 Å². The lowest BCUT2D eigenvalue weighted by Crippen LogP contribution is -2.38. The van der Waals surface area contributed by atoms with Gasteiger partial charge in [0, 0.05) is 25.2 Å². The van der Waals surface area contributed by atoms with Crippen molar-refractivity contribution in [2.75, 3.05) is 56.3 Å². The zero-order valence-corrected chi connectivity index (χ0v) is 19.2. The number of fused-ring (bicyclic) bond motifs is 1. The van der Waals surface area contributed by atoms with Crippen molar-refractivity contribution in [1.82, 2.24) is 4.90 Å². The Labute approximate surface area is 193 Å². The number of anilines is 2. The smallest absolute Gasteiger partial charge is 0.244 e. The van der Waals surface area contributed by atoms with Gasteiger partial charge in [0.2, 0.25) is 17.7 Å². The van der Waals surface area contributed by atoms with E-state index in [2.05, 4.69) is 10.2 Å². The number of imide groups is 1. The van der Waals surface area contributed by atoms with Gasteiger partial charge in [0.15, 0.2) is 0 Å². The summed E-state index contributed by atoms with van der Waals surface area (Å²) in [7, 11) is 0. The number of ether oxygens (including phenoxy) is 3. The van der Waals surface area contributed by atoms with Gasteiger partial charge in [-0.3, -0.25) is 19.3 Å². The van der Waals surface area contributed by atoms with Crippen LogP contribution in [-0.2, 0) is 19.1 Å². The summed E-state index contributed by atoms with van der Waals surface area (Å²) in [6, 6.07) is 3.61. The van der Waals surface area contributed by atoms with E-state index in [1.807, 2.05) is 32.1 Å². The third-order valence-corrected chi connectivity index (χ3v) is 6.19. The van der Waals surface area contributed by atoms with Crippen LogP contribution >= 0.6 is 0 Å². The maximum absolute atomic E-state index is 12.9. The molecule has 0 spiro atoms. The fourth-order valence-corrected chi connectivity index (χ4v) is 4.60. The lowest BCUT2D eigenvalue weighted by atomic mass is 9.85. The molecule has 2 saturated heterocycles. The van der Waals surface area contributed by atoms with Crippen LogP contribution in [0.3, 0.4) is 0 Å². The summed E-state index contributed by atoms with van der Waals surface area (Å²) >= 11 is 0. The van der Waals surface area contributed by atoms with Crippen molar-refractivity contribution in [3.63, 3.8) is 0 Å². The summed E-state index contributed by atoms with van der Waals surface area (Å²) < 4.78 is 17.1. The van der Waals surface area contributed by atoms with Gasteiger partial charge in [0.1, 0.15) is 18.0 Å². The standard InChI is InChI=1S/C24H31N3O6/c1-3-32-20-14-19(26-9-11-31-12-10-26)21(33-4-2)13-18(20)25-22(28)15-27-23(29)16-7-5-6-8-17(16)24(27)30/h5-6,13-14,16-17H,3-4,7-12,15H2,1-2H3,(H,25,28)/t16-,17+. The Morgan fingerprint density at radius 1 is 1.00 bits per heavy atom. The van der Waals surface area contributed by atoms with E-state index in [1.54, 1.807) is 6.07 Å². The molecule has 178 valence electrons. The van der Waals surface area contributed by atoms with Crippen LogP contribution in [0, 0.1) is 11.8 Å². The van der Waals surface area contributed by atoms with Gasteiger partial charge in [-0.25, -0.2) is 0 Å². The molecule has 0 saturated carbocycles. The normalized spacial score (nSPS) is 22.4. The predicted octanol–water partition coefficient (Wildman–Crippen LogP) is 2.21. The minimum absolute atomic E-state index is 0.271. The number of nitrogens with one attached hydrogen (secondary N) is 1. The molecule has 3 aliphatic rings. The van der Waals surface area contributed by atoms with Crippen molar-refractivity contribution in [1.29, 1.82) is 0 Å². The van der Waals surface area contributed by atoms with Gasteiger partial charge in [-0.2, -0.15) is 0 Å². The molecule has 2 heterocycles. The van der Waals surface area contributed by atoms with E-state index >= 15 is 0 Å². The van der Waals surface area contributed by atoms with Crippen molar-refractivity contribution in [2.24, 2.45) is 11.8 Å². The molecule has 2 aliphatic heterocycles. The van der Waals surface area contributed by atoms with E-state index in [4.69, 9.17) is 14.2 Å². The molecule has 4 rings (SSSR count). The summed E-state index contributed by atoms with van der Waals surface area (Å²) in [5.74, 6) is -0.570. The van der Waals surface area contributed by atoms with E-state index in [1.165, 1.54) is 0 Å². The summed E-state index contributed by atoms with van der Waals surface area (Å²) in [5, 5.41) is 2.82. The average molecular weight is 458 g/mol. The lowest BCUT2D eigenvalue weighted by molar-refractivity contribution is -0.142. The number of hydrogen-bond acceptors (Lipinski definition) is 7. The minimum Gasteiger partial charge on any atom is -0.492 e. The maximum Gasteiger partial charge on any atom is 0.244 e. The van der Waals surface area contributed by atoms with Gasteiger partial charge < -0.3 is 24.4 Å². The molecule has 1 aromatic carbocycles. The first-order valence-corrected chi connectivity index (χ1v) is 11.6. The second kappa shape index (κ2) is 10.2. The van der Waals surface area contributed by atoms with Gasteiger partial charge in [0.25, 0.3) is 0 Å². The van der Waals surface area contributed by atoms with Gasteiger partial charge >= 0.3 is 0 Å². The van der Waals surface area contributed by atoms with Crippen LogP contribution in [0.2, 0.25) is 0 Å². The minimum atomic E-state index is -0.453. The van der Waals surface area contributed by atoms with E-state index in [-0.39, 0.29) is 30.2 Å². The molecule has 2 fully saturated rings. The molecule has 1 aromatic rings. The number of hydrogen-bond donors (Lipinski definition) is 1. The van der Waals surface area contributed by atoms with Crippen LogP contribution in [0.5, 0.6) is 11.5 Å². The summed E-state index contributed by atoms with van der Waals surface area (Å²) in [6.07, 6.45) is 4.94. The Morgan fingerprint density at radius 3 is 2.21 bits per heavy atom. The van der Waals surface area contributed by atoms with Gasteiger partial charge in [-0.15, -0.1) is 0 Å². The number of carbonyl (C=O) groups excluding carboxylic acids is 3. The first-order valence-electron chi connectivity index (χ1n) is 11.6. The van der Waals surface area contributed by atoms with Crippen molar-refractivity contribution in [3.05, 3.63) is 24.3 Å². The largest absolute Gasteiger partial charge is 0.492 e. The molecule has 9 nitrogen and oxygen atoms in total. The van der Waals surface area contributed by atoms with Crippen LogP contribution in [-0.4, -0.2) is 68.7 Å². The number of nitrogens with zero attached hydrogens (tertiary/aromatic N) is 2. The Bertz CT molecular complexity index is 914. The summed E-state index contributed by atoms with van der Waals surface area (Å²) in [4.78, 5) is 41.5. The van der Waals surface area contributed by atoms with Gasteiger partial charge in [-0.1, -0.05) is 12.2 Å². The second-order valence-electron chi connectivity index (χ2n) is 8.25. The highest BCUT2D eigenvalue weighted by Gasteiger charge is 2.47. The number of amides is 3. The number of allylic oxidation sites excluding steroid dienone is 2. The molecule has 1 aliphatic carbocycles. The first kappa shape index (κ1) is 23.1. The quantitative estimate of drug-likeness (QED) is 0.472. The summed E-state index contributed by atoms with van der Waals surface area (Å²) in [5.41, 5.74) is 1.32. The molecule has 0 radical (unpaired) electrons. The first-order chi connectivity index (χ1) is 16.0. The third-order valence-electron chi connectivity index (χ3n) is 6.19. The van der Waals surface area contributed by atoms with Crippen LogP contribution < -0.4 is 19.7 Å². The molecule has 9 heteroatoms. The van der Waals surface area contributed by atoms with Crippen LogP contribution in [0.4, 0.5) is 11.4 Å². The predicted molar refractivity (Wildman–Crippen MR) is 123 cm³/mol. The van der Waals surface area contributed by atoms with E-state index in [0.717, 1.165) is 23.7 Å². The second-order valence-corrected chi connectivity index (χ2v) is 8.25. The topological polar surface area (TPSA) is 97.4 Å². The molecule has 3 amide bonds. The Balaban J connectivity index is 1.53. The molecule has 0 unspecified atom stereocenters. The molecule has 2 atom stereocenters. The zero-order valence-electron chi connectivity index (χ0n) is 19.2. The third kappa shape index (κ3) is 4.83. The highest BCUT2D eigenvalue weighted by Crippen LogP contribution is 2.40. The molecule has 33 heavy (non-hydrogen) atoms. The molecular weight excluding hydrogens is 426 g/mol. The number of carbonyl (C=O) groups is 3. The van der Waals surface area contributed by atoms with Crippen LogP contribution in [0.1, 0.15) is 26.7 Å².